The fraction of sp³-hybridized carbons (Fsp3) is 0.200. The number of ether oxygens (including phenoxy) is 2. The van der Waals surface area contributed by atoms with Gasteiger partial charge in [-0.05, 0) is 24.3 Å². The third kappa shape index (κ3) is 3.73. The van der Waals surface area contributed by atoms with Crippen molar-refractivity contribution in [2.75, 3.05) is 17.9 Å². The van der Waals surface area contributed by atoms with Crippen LogP contribution in [0.3, 0.4) is 0 Å². The van der Waals surface area contributed by atoms with E-state index in [0.29, 0.717) is 24.7 Å². The number of para-hydroxylation sites is 1. The minimum atomic E-state index is -3.95. The molecule has 24 heavy (non-hydrogen) atoms. The lowest BCUT2D eigenvalue weighted by atomic mass is 10.3. The third-order valence-corrected chi connectivity index (χ3v) is 5.32. The molecule has 1 heterocycles. The molecule has 9 heteroatoms. The molecule has 0 bridgehead atoms. The number of alkyl halides is 2. The van der Waals surface area contributed by atoms with Crippen molar-refractivity contribution in [1.29, 1.82) is 0 Å². The van der Waals surface area contributed by atoms with Crippen molar-refractivity contribution >= 4 is 27.5 Å². The number of anilines is 1. The molecule has 0 radical (unpaired) electrons. The summed E-state index contributed by atoms with van der Waals surface area (Å²) >= 11 is 0.279. The molecule has 0 fully saturated rings. The highest BCUT2D eigenvalue weighted by atomic mass is 32.2. The minimum Gasteiger partial charge on any atom is -0.486 e. The van der Waals surface area contributed by atoms with Crippen LogP contribution in [-0.4, -0.2) is 27.4 Å². The van der Waals surface area contributed by atoms with Crippen molar-refractivity contribution in [1.82, 2.24) is 0 Å². The molecule has 0 saturated carbocycles. The standard InChI is InChI=1S/C15H13F2NO4S2/c16-15(17)23-14-4-2-1-3-11(14)18-24(19,20)10-5-6-12-13(9-10)22-8-7-21-12/h1-6,9,15,18H,7-8H2. The van der Waals surface area contributed by atoms with Gasteiger partial charge in [0.1, 0.15) is 13.2 Å². The Morgan fingerprint density at radius 2 is 1.75 bits per heavy atom. The molecular weight excluding hydrogens is 360 g/mol. The molecule has 0 amide bonds. The summed E-state index contributed by atoms with van der Waals surface area (Å²) in [6, 6.07) is 10.2. The van der Waals surface area contributed by atoms with Gasteiger partial charge in [0, 0.05) is 11.0 Å². The Morgan fingerprint density at radius 3 is 2.50 bits per heavy atom. The first-order chi connectivity index (χ1) is 11.5. The van der Waals surface area contributed by atoms with Crippen LogP contribution in [0.2, 0.25) is 0 Å². The van der Waals surface area contributed by atoms with Crippen LogP contribution in [0.15, 0.2) is 52.3 Å². The Labute approximate surface area is 142 Å². The van der Waals surface area contributed by atoms with Crippen LogP contribution >= 0.6 is 11.8 Å². The lowest BCUT2D eigenvalue weighted by Gasteiger charge is -2.19. The lowest BCUT2D eigenvalue weighted by molar-refractivity contribution is 0.171. The second kappa shape index (κ2) is 6.86. The number of hydrogen-bond donors (Lipinski definition) is 1. The molecule has 1 aliphatic heterocycles. The van der Waals surface area contributed by atoms with E-state index >= 15 is 0 Å². The van der Waals surface area contributed by atoms with Crippen LogP contribution in [0, 0.1) is 0 Å². The summed E-state index contributed by atoms with van der Waals surface area (Å²) in [5, 5.41) is 0. The molecule has 0 spiro atoms. The Kier molecular flexibility index (Phi) is 4.81. The first-order valence-corrected chi connectivity index (χ1v) is 9.28. The summed E-state index contributed by atoms with van der Waals surface area (Å²) in [7, 11) is -3.95. The molecule has 5 nitrogen and oxygen atoms in total. The summed E-state index contributed by atoms with van der Waals surface area (Å²) in [6.45, 7) is 0.730. The molecule has 3 rings (SSSR count). The molecule has 2 aromatic rings. The first kappa shape index (κ1) is 16.8. The lowest BCUT2D eigenvalue weighted by Crippen LogP contribution is -2.17. The molecule has 0 aromatic heterocycles. The predicted octanol–water partition coefficient (Wildman–Crippen LogP) is 3.57. The van der Waals surface area contributed by atoms with E-state index in [1.807, 2.05) is 0 Å². The van der Waals surface area contributed by atoms with Crippen molar-refractivity contribution in [2.24, 2.45) is 0 Å². The fourth-order valence-corrected chi connectivity index (χ4v) is 3.90. The molecule has 0 atom stereocenters. The van der Waals surface area contributed by atoms with E-state index < -0.39 is 15.8 Å². The number of rotatable bonds is 5. The van der Waals surface area contributed by atoms with Crippen LogP contribution in [0.5, 0.6) is 11.5 Å². The van der Waals surface area contributed by atoms with Gasteiger partial charge in [-0.25, -0.2) is 8.42 Å². The Balaban J connectivity index is 1.89. The summed E-state index contributed by atoms with van der Waals surface area (Å²) in [5.41, 5.74) is 0.0951. The van der Waals surface area contributed by atoms with Gasteiger partial charge in [-0.3, -0.25) is 4.72 Å². The van der Waals surface area contributed by atoms with E-state index in [4.69, 9.17) is 9.47 Å². The normalized spacial score (nSPS) is 13.8. The van der Waals surface area contributed by atoms with E-state index in [1.54, 1.807) is 12.1 Å². The third-order valence-electron chi connectivity index (χ3n) is 3.17. The number of fused-ring (bicyclic) bond motifs is 1. The van der Waals surface area contributed by atoms with E-state index in [0.717, 1.165) is 0 Å². The van der Waals surface area contributed by atoms with Gasteiger partial charge < -0.3 is 9.47 Å². The summed E-state index contributed by atoms with van der Waals surface area (Å²) < 4.78 is 63.3. The second-order valence-corrected chi connectivity index (χ2v) is 7.50. The molecule has 1 N–H and O–H groups in total. The molecule has 0 unspecified atom stereocenters. The Bertz CT molecular complexity index is 843. The molecule has 1 aliphatic rings. The monoisotopic (exact) mass is 373 g/mol. The van der Waals surface area contributed by atoms with Crippen molar-refractivity contribution < 1.29 is 26.7 Å². The zero-order valence-corrected chi connectivity index (χ0v) is 13.9. The van der Waals surface area contributed by atoms with Gasteiger partial charge in [0.2, 0.25) is 0 Å². The predicted molar refractivity (Wildman–Crippen MR) is 86.5 cm³/mol. The van der Waals surface area contributed by atoms with Crippen molar-refractivity contribution in [3.63, 3.8) is 0 Å². The van der Waals surface area contributed by atoms with Gasteiger partial charge in [0.25, 0.3) is 15.8 Å². The van der Waals surface area contributed by atoms with Crippen LogP contribution in [0.1, 0.15) is 0 Å². The highest BCUT2D eigenvalue weighted by Gasteiger charge is 2.21. The fourth-order valence-electron chi connectivity index (χ4n) is 2.14. The van der Waals surface area contributed by atoms with Crippen LogP contribution in [-0.2, 0) is 10.0 Å². The first-order valence-electron chi connectivity index (χ1n) is 6.92. The maximum Gasteiger partial charge on any atom is 0.288 e. The van der Waals surface area contributed by atoms with Crippen LogP contribution < -0.4 is 14.2 Å². The SMILES string of the molecule is O=S(=O)(Nc1ccccc1SC(F)F)c1ccc2c(c1)OCCO2. The number of nitrogens with one attached hydrogen (secondary N) is 1. The molecule has 2 aromatic carbocycles. The van der Waals surface area contributed by atoms with Crippen molar-refractivity contribution in [2.45, 2.75) is 15.5 Å². The van der Waals surface area contributed by atoms with Gasteiger partial charge in [-0.1, -0.05) is 23.9 Å². The largest absolute Gasteiger partial charge is 0.486 e. The van der Waals surface area contributed by atoms with E-state index in [9.17, 15) is 17.2 Å². The van der Waals surface area contributed by atoms with Crippen LogP contribution in [0.4, 0.5) is 14.5 Å². The summed E-state index contributed by atoms with van der Waals surface area (Å²) in [6.07, 6.45) is 0. The molecule has 0 saturated heterocycles. The van der Waals surface area contributed by atoms with Crippen LogP contribution in [0.25, 0.3) is 0 Å². The maximum atomic E-state index is 12.6. The molecule has 0 aliphatic carbocycles. The smallest absolute Gasteiger partial charge is 0.288 e. The van der Waals surface area contributed by atoms with Crippen molar-refractivity contribution in [3.05, 3.63) is 42.5 Å². The van der Waals surface area contributed by atoms with Gasteiger partial charge in [-0.15, -0.1) is 0 Å². The summed E-state index contributed by atoms with van der Waals surface area (Å²) in [4.78, 5) is 0.109. The van der Waals surface area contributed by atoms with E-state index in [1.165, 1.54) is 30.3 Å². The number of halogens is 2. The Hall–Kier alpha value is -2.00. The zero-order chi connectivity index (χ0) is 17.2. The van der Waals surface area contributed by atoms with E-state index in [2.05, 4.69) is 4.72 Å². The minimum absolute atomic E-state index is 0.0383. The number of thioether (sulfide) groups is 1. The topological polar surface area (TPSA) is 64.6 Å². The quantitative estimate of drug-likeness (QED) is 0.812. The van der Waals surface area contributed by atoms with Gasteiger partial charge >= 0.3 is 0 Å². The molecule has 128 valence electrons. The van der Waals surface area contributed by atoms with Crippen molar-refractivity contribution in [3.8, 4) is 11.5 Å². The summed E-state index contributed by atoms with van der Waals surface area (Å²) in [5.74, 6) is -1.85. The highest BCUT2D eigenvalue weighted by Crippen LogP contribution is 2.35. The number of benzene rings is 2. The second-order valence-electron chi connectivity index (χ2n) is 4.79. The maximum absolute atomic E-state index is 12.6. The number of sulfonamides is 1. The highest BCUT2D eigenvalue weighted by molar-refractivity contribution is 7.99. The van der Waals surface area contributed by atoms with Gasteiger partial charge in [0.05, 0.1) is 10.6 Å². The van der Waals surface area contributed by atoms with Gasteiger partial charge in [0.15, 0.2) is 11.5 Å². The Morgan fingerprint density at radius 1 is 1.04 bits per heavy atom. The average molecular weight is 373 g/mol. The van der Waals surface area contributed by atoms with Gasteiger partial charge in [-0.2, -0.15) is 8.78 Å². The number of hydrogen-bond acceptors (Lipinski definition) is 5. The zero-order valence-electron chi connectivity index (χ0n) is 12.2. The average Bonchev–Trinajstić information content (AvgIpc) is 2.55. The molecular formula is C15H13F2NO4S2. The van der Waals surface area contributed by atoms with E-state index in [-0.39, 0.29) is 27.2 Å².